The lowest BCUT2D eigenvalue weighted by molar-refractivity contribution is -0.148. The van der Waals surface area contributed by atoms with Crippen molar-refractivity contribution in [3.8, 4) is 0 Å². The summed E-state index contributed by atoms with van der Waals surface area (Å²) in [5.74, 6) is -6.16. The van der Waals surface area contributed by atoms with Crippen LogP contribution in [0.4, 0.5) is 0 Å². The summed E-state index contributed by atoms with van der Waals surface area (Å²) in [6.07, 6.45) is -1.68. The van der Waals surface area contributed by atoms with Gasteiger partial charge in [-0.25, -0.2) is 4.79 Å². The number of amides is 3. The molecule has 0 aliphatic rings. The third-order valence-electron chi connectivity index (χ3n) is 4.94. The van der Waals surface area contributed by atoms with Crippen molar-refractivity contribution >= 4 is 41.6 Å². The Balaban J connectivity index is 5.51. The Morgan fingerprint density at radius 1 is 0.763 bits per heavy atom. The van der Waals surface area contributed by atoms with Crippen molar-refractivity contribution in [2.75, 3.05) is 13.1 Å². The smallest absolute Gasteiger partial charge is 0.326 e. The van der Waals surface area contributed by atoms with Crippen LogP contribution in [0.15, 0.2) is 9.98 Å². The molecule has 18 heteroatoms. The van der Waals surface area contributed by atoms with E-state index in [0.29, 0.717) is 6.42 Å². The van der Waals surface area contributed by atoms with Gasteiger partial charge in [-0.05, 0) is 32.6 Å². The van der Waals surface area contributed by atoms with E-state index < -0.39 is 66.4 Å². The standard InChI is InChI=1S/C20H38N10O8/c1-9(31)14(17(36)29-12(18(37)38)8-13(32)33)30-16(35)11(5-3-7-27-20(24)25)28-15(34)10(21)4-2-6-26-19(22)23/h9-12,14,31H,2-8,21H2,1H3,(H,28,34)(H,29,36)(H,30,35)(H,32,33)(H,37,38)(H4,22,23,26)(H4,24,25,27). The van der Waals surface area contributed by atoms with Crippen molar-refractivity contribution in [2.24, 2.45) is 38.7 Å². The number of aliphatic hydroxyl groups is 1. The van der Waals surface area contributed by atoms with Gasteiger partial charge >= 0.3 is 11.9 Å². The van der Waals surface area contributed by atoms with Crippen LogP contribution < -0.4 is 44.6 Å². The number of carbonyl (C=O) groups is 5. The van der Waals surface area contributed by atoms with Crippen LogP contribution in [-0.4, -0.2) is 100 Å². The van der Waals surface area contributed by atoms with Crippen LogP contribution in [0.5, 0.6) is 0 Å². The quantitative estimate of drug-likeness (QED) is 0.0435. The molecule has 38 heavy (non-hydrogen) atoms. The molecule has 0 bridgehead atoms. The maximum Gasteiger partial charge on any atom is 0.326 e. The number of carboxylic acids is 2. The first-order valence-electron chi connectivity index (χ1n) is 11.6. The second kappa shape index (κ2) is 17.3. The fraction of sp³-hybridized carbons (Fsp3) is 0.650. The summed E-state index contributed by atoms with van der Waals surface area (Å²) >= 11 is 0. The average molecular weight is 547 g/mol. The first-order valence-corrected chi connectivity index (χ1v) is 11.6. The Morgan fingerprint density at radius 3 is 1.71 bits per heavy atom. The number of aliphatic hydroxyl groups excluding tert-OH is 1. The van der Waals surface area contributed by atoms with Crippen LogP contribution in [0.25, 0.3) is 0 Å². The number of nitrogens with one attached hydrogen (secondary N) is 3. The maximum absolute atomic E-state index is 13.0. The molecule has 5 atom stereocenters. The molecule has 0 aromatic rings. The van der Waals surface area contributed by atoms with E-state index in [1.807, 2.05) is 5.32 Å². The minimum absolute atomic E-state index is 0.0000124. The van der Waals surface area contributed by atoms with Crippen molar-refractivity contribution in [3.63, 3.8) is 0 Å². The van der Waals surface area contributed by atoms with Crippen LogP contribution in [0.2, 0.25) is 0 Å². The minimum Gasteiger partial charge on any atom is -0.481 e. The van der Waals surface area contributed by atoms with Gasteiger partial charge in [0.15, 0.2) is 11.9 Å². The molecule has 0 aromatic heterocycles. The van der Waals surface area contributed by atoms with Gasteiger partial charge in [-0.1, -0.05) is 0 Å². The van der Waals surface area contributed by atoms with Crippen LogP contribution in [0, 0.1) is 0 Å². The lowest BCUT2D eigenvalue weighted by Gasteiger charge is -2.26. The van der Waals surface area contributed by atoms with Crippen LogP contribution in [-0.2, 0) is 24.0 Å². The van der Waals surface area contributed by atoms with E-state index in [9.17, 15) is 29.1 Å². The Kier molecular flexibility index (Phi) is 15.4. The first kappa shape index (κ1) is 33.8. The predicted octanol–water partition coefficient (Wildman–Crippen LogP) is -5.18. The van der Waals surface area contributed by atoms with E-state index in [2.05, 4.69) is 20.6 Å². The maximum atomic E-state index is 13.0. The van der Waals surface area contributed by atoms with Crippen LogP contribution >= 0.6 is 0 Å². The van der Waals surface area contributed by atoms with Crippen molar-refractivity contribution in [1.29, 1.82) is 0 Å². The second-order valence-electron chi connectivity index (χ2n) is 8.29. The number of hydrogen-bond acceptors (Lipinski definition) is 9. The molecule has 0 rings (SSSR count). The van der Waals surface area contributed by atoms with Gasteiger partial charge in [-0.2, -0.15) is 0 Å². The lowest BCUT2D eigenvalue weighted by atomic mass is 10.1. The summed E-state index contributed by atoms with van der Waals surface area (Å²) in [5, 5.41) is 34.7. The zero-order valence-corrected chi connectivity index (χ0v) is 21.0. The number of nitrogens with zero attached hydrogens (tertiary/aromatic N) is 2. The number of aliphatic imine (C=N–C) groups is 2. The highest BCUT2D eigenvalue weighted by molar-refractivity contribution is 5.95. The Morgan fingerprint density at radius 2 is 1.26 bits per heavy atom. The molecule has 0 radical (unpaired) electrons. The molecule has 18 nitrogen and oxygen atoms in total. The average Bonchev–Trinajstić information content (AvgIpc) is 2.80. The molecule has 0 aliphatic carbocycles. The summed E-state index contributed by atoms with van der Waals surface area (Å²) in [7, 11) is 0. The number of hydrogen-bond donors (Lipinski definition) is 11. The van der Waals surface area contributed by atoms with E-state index in [1.54, 1.807) is 0 Å². The van der Waals surface area contributed by atoms with Crippen molar-refractivity contribution in [1.82, 2.24) is 16.0 Å². The second-order valence-corrected chi connectivity index (χ2v) is 8.29. The molecule has 0 spiro atoms. The van der Waals surface area contributed by atoms with Gasteiger partial charge in [0.2, 0.25) is 17.7 Å². The molecule has 0 saturated heterocycles. The van der Waals surface area contributed by atoms with Gasteiger partial charge in [0.25, 0.3) is 0 Å². The monoisotopic (exact) mass is 546 g/mol. The summed E-state index contributed by atoms with van der Waals surface area (Å²) < 4.78 is 0. The topological polar surface area (TPSA) is 337 Å². The van der Waals surface area contributed by atoms with Gasteiger partial charge in [0, 0.05) is 13.1 Å². The van der Waals surface area contributed by atoms with E-state index in [4.69, 9.17) is 38.9 Å². The van der Waals surface area contributed by atoms with Crippen LogP contribution in [0.1, 0.15) is 39.0 Å². The molecule has 0 aliphatic heterocycles. The fourth-order valence-corrected chi connectivity index (χ4v) is 3.00. The molecular formula is C20H38N10O8. The zero-order valence-electron chi connectivity index (χ0n) is 21.0. The molecule has 0 saturated carbocycles. The Hall–Kier alpha value is -4.19. The van der Waals surface area contributed by atoms with Crippen molar-refractivity contribution in [3.05, 3.63) is 0 Å². The van der Waals surface area contributed by atoms with E-state index >= 15 is 0 Å². The van der Waals surface area contributed by atoms with Crippen LogP contribution in [0.3, 0.4) is 0 Å². The normalized spacial score (nSPS) is 14.5. The summed E-state index contributed by atoms with van der Waals surface area (Å²) in [6.45, 7) is 1.49. The first-order chi connectivity index (χ1) is 17.6. The lowest BCUT2D eigenvalue weighted by Crippen LogP contribution is -2.60. The van der Waals surface area contributed by atoms with E-state index in [0.717, 1.165) is 6.92 Å². The third-order valence-corrected chi connectivity index (χ3v) is 4.94. The minimum atomic E-state index is -1.81. The highest BCUT2D eigenvalue weighted by Crippen LogP contribution is 2.05. The molecule has 0 fully saturated rings. The highest BCUT2D eigenvalue weighted by Gasteiger charge is 2.33. The predicted molar refractivity (Wildman–Crippen MR) is 135 cm³/mol. The number of aliphatic carboxylic acids is 2. The van der Waals surface area contributed by atoms with Gasteiger partial charge in [-0.15, -0.1) is 0 Å². The Labute approximate surface area is 218 Å². The van der Waals surface area contributed by atoms with E-state index in [1.165, 1.54) is 0 Å². The largest absolute Gasteiger partial charge is 0.481 e. The van der Waals surface area contributed by atoms with Gasteiger partial charge in [-0.3, -0.25) is 29.2 Å². The van der Waals surface area contributed by atoms with Crippen molar-refractivity contribution < 1.29 is 39.3 Å². The van der Waals surface area contributed by atoms with Gasteiger partial charge in [0.05, 0.1) is 18.6 Å². The number of guanidine groups is 2. The fourth-order valence-electron chi connectivity index (χ4n) is 3.00. The number of carboxylic acid groups (broad SMARTS) is 2. The van der Waals surface area contributed by atoms with Gasteiger partial charge < -0.3 is 59.9 Å². The van der Waals surface area contributed by atoms with Gasteiger partial charge in [0.1, 0.15) is 18.1 Å². The van der Waals surface area contributed by atoms with Crippen molar-refractivity contribution in [2.45, 2.75) is 69.3 Å². The van der Waals surface area contributed by atoms with E-state index in [-0.39, 0.29) is 44.3 Å². The molecule has 216 valence electrons. The number of rotatable bonds is 18. The molecule has 0 heterocycles. The summed E-state index contributed by atoms with van der Waals surface area (Å²) in [5.41, 5.74) is 26.9. The molecule has 5 unspecified atom stereocenters. The molecule has 0 aromatic carbocycles. The summed E-state index contributed by atoms with van der Waals surface area (Å²) in [6, 6.07) is -5.77. The number of carbonyl (C=O) groups excluding carboxylic acids is 3. The molecule has 16 N–H and O–H groups in total. The molecular weight excluding hydrogens is 508 g/mol. The summed E-state index contributed by atoms with van der Waals surface area (Å²) in [4.78, 5) is 67.9. The SMILES string of the molecule is CC(O)C(NC(=O)C(CCCN=C(N)N)NC(=O)C(N)CCCN=C(N)N)C(=O)NC(CC(=O)O)C(=O)O. The number of nitrogens with two attached hydrogens (primary N) is 5. The molecule has 3 amide bonds. The zero-order chi connectivity index (χ0) is 29.4. The Bertz CT molecular complexity index is 887. The third kappa shape index (κ3) is 14.4. The highest BCUT2D eigenvalue weighted by atomic mass is 16.4.